The van der Waals surface area contributed by atoms with Gasteiger partial charge in [0.05, 0.1) is 0 Å². The molecule has 3 heteroatoms. The molecule has 3 unspecified atom stereocenters. The van der Waals surface area contributed by atoms with Crippen LogP contribution in [0.3, 0.4) is 0 Å². The summed E-state index contributed by atoms with van der Waals surface area (Å²) in [7, 11) is 0. The monoisotopic (exact) mass is 268 g/mol. The topological polar surface area (TPSA) is 35.5 Å². The smallest absolute Gasteiger partial charge is 0.132 e. The van der Waals surface area contributed by atoms with Crippen molar-refractivity contribution in [1.82, 2.24) is 0 Å². The van der Waals surface area contributed by atoms with E-state index in [-0.39, 0.29) is 11.4 Å². The molecule has 0 heterocycles. The third-order valence-electron chi connectivity index (χ3n) is 5.33. The molecule has 2 bridgehead atoms. The van der Waals surface area contributed by atoms with Crippen LogP contribution in [0.5, 0.6) is 0 Å². The molecule has 0 saturated heterocycles. The van der Waals surface area contributed by atoms with Gasteiger partial charge < -0.3 is 0 Å². The number of Topliss-reactive ketones (excluding diaryl/α,β-unsaturated/α-hetero) is 1. The van der Waals surface area contributed by atoms with Gasteiger partial charge in [-0.25, -0.2) is 9.78 Å². The second-order valence-electron chi connectivity index (χ2n) is 7.96. The molecule has 3 aliphatic carbocycles. The number of carbonyl (C=O) groups excluding carboxylic acids is 1. The fraction of sp³-hybridized carbons (Fsp3) is 0.938. The Bertz CT molecular complexity index is 370. The van der Waals surface area contributed by atoms with Gasteiger partial charge in [0, 0.05) is 6.42 Å². The Hall–Kier alpha value is -0.410. The van der Waals surface area contributed by atoms with Crippen molar-refractivity contribution in [2.75, 3.05) is 0 Å². The molecule has 0 spiro atoms. The van der Waals surface area contributed by atoms with E-state index in [2.05, 4.69) is 20.8 Å². The first-order chi connectivity index (χ1) is 8.57. The lowest BCUT2D eigenvalue weighted by atomic mass is 9.44. The summed E-state index contributed by atoms with van der Waals surface area (Å²) in [6, 6.07) is 0. The summed E-state index contributed by atoms with van der Waals surface area (Å²) in [5, 5.41) is 0. The van der Waals surface area contributed by atoms with E-state index in [1.807, 2.05) is 13.8 Å². The van der Waals surface area contributed by atoms with Crippen LogP contribution in [-0.2, 0) is 14.6 Å². The molecule has 0 aliphatic heterocycles. The van der Waals surface area contributed by atoms with Crippen LogP contribution in [0.25, 0.3) is 0 Å². The number of rotatable bonds is 5. The Morgan fingerprint density at radius 1 is 1.32 bits per heavy atom. The van der Waals surface area contributed by atoms with Crippen molar-refractivity contribution in [1.29, 1.82) is 0 Å². The first-order valence-electron chi connectivity index (χ1n) is 7.43. The Morgan fingerprint density at radius 3 is 2.42 bits per heavy atom. The van der Waals surface area contributed by atoms with Crippen molar-refractivity contribution < 1.29 is 14.6 Å². The zero-order valence-electron chi connectivity index (χ0n) is 13.2. The first kappa shape index (κ1) is 15.0. The van der Waals surface area contributed by atoms with E-state index in [0.29, 0.717) is 17.8 Å². The lowest BCUT2D eigenvalue weighted by Crippen LogP contribution is -2.61. The molecule has 110 valence electrons. The quantitative estimate of drug-likeness (QED) is 0.560. The second-order valence-corrected chi connectivity index (χ2v) is 7.96. The minimum absolute atomic E-state index is 0.131. The molecule has 0 amide bonds. The SMILES string of the molecule is CC(=O)CC(C)(C)OOC1(C)CCC2CC1C2(C)C. The highest BCUT2D eigenvalue weighted by Gasteiger charge is 2.60. The van der Waals surface area contributed by atoms with Gasteiger partial charge in [0.15, 0.2) is 0 Å². The summed E-state index contributed by atoms with van der Waals surface area (Å²) in [5.41, 5.74) is -0.382. The summed E-state index contributed by atoms with van der Waals surface area (Å²) >= 11 is 0. The number of hydrogen-bond acceptors (Lipinski definition) is 3. The summed E-state index contributed by atoms with van der Waals surface area (Å²) < 4.78 is 0. The van der Waals surface area contributed by atoms with Crippen molar-refractivity contribution in [3.8, 4) is 0 Å². The molecule has 3 fully saturated rings. The molecule has 3 atom stereocenters. The zero-order valence-corrected chi connectivity index (χ0v) is 13.2. The molecular weight excluding hydrogens is 240 g/mol. The van der Waals surface area contributed by atoms with Gasteiger partial charge in [-0.15, -0.1) is 0 Å². The van der Waals surface area contributed by atoms with Gasteiger partial charge in [-0.3, -0.25) is 4.79 Å². The molecule has 3 nitrogen and oxygen atoms in total. The van der Waals surface area contributed by atoms with E-state index in [0.717, 1.165) is 12.3 Å². The molecule has 19 heavy (non-hydrogen) atoms. The maximum atomic E-state index is 11.2. The molecular formula is C16H28O3. The van der Waals surface area contributed by atoms with Crippen LogP contribution in [0, 0.1) is 17.3 Å². The predicted molar refractivity (Wildman–Crippen MR) is 74.6 cm³/mol. The van der Waals surface area contributed by atoms with Crippen LogP contribution in [0.15, 0.2) is 0 Å². The summed E-state index contributed by atoms with van der Waals surface area (Å²) in [5.74, 6) is 1.54. The van der Waals surface area contributed by atoms with Crippen LogP contribution in [0.2, 0.25) is 0 Å². The van der Waals surface area contributed by atoms with Crippen molar-refractivity contribution in [3.63, 3.8) is 0 Å². The number of fused-ring (bicyclic) bond motifs is 2. The number of carbonyl (C=O) groups is 1. The van der Waals surface area contributed by atoms with E-state index in [1.165, 1.54) is 12.8 Å². The van der Waals surface area contributed by atoms with E-state index in [9.17, 15) is 4.79 Å². The molecule has 0 aromatic heterocycles. The summed E-state index contributed by atoms with van der Waals surface area (Å²) in [4.78, 5) is 22.8. The highest BCUT2D eigenvalue weighted by Crippen LogP contribution is 2.63. The van der Waals surface area contributed by atoms with Crippen molar-refractivity contribution >= 4 is 5.78 Å². The zero-order chi connectivity index (χ0) is 14.5. The van der Waals surface area contributed by atoms with Crippen molar-refractivity contribution in [2.45, 2.75) is 78.4 Å². The molecule has 3 rings (SSSR count). The standard InChI is InChI=1S/C16H28O3/c1-11(17)10-14(2,3)18-19-16(6)8-7-12-9-13(16)15(12,4)5/h12-13H,7-10H2,1-6H3. The fourth-order valence-corrected chi connectivity index (χ4v) is 4.11. The van der Waals surface area contributed by atoms with Crippen LogP contribution in [0.1, 0.15) is 67.2 Å². The summed E-state index contributed by atoms with van der Waals surface area (Å²) in [6.07, 6.45) is 3.91. The van der Waals surface area contributed by atoms with Gasteiger partial charge >= 0.3 is 0 Å². The van der Waals surface area contributed by atoms with Crippen LogP contribution >= 0.6 is 0 Å². The predicted octanol–water partition coefficient (Wildman–Crippen LogP) is 3.91. The third-order valence-corrected chi connectivity index (χ3v) is 5.33. The minimum Gasteiger partial charge on any atom is -0.300 e. The van der Waals surface area contributed by atoms with E-state index >= 15 is 0 Å². The Morgan fingerprint density at radius 2 is 1.95 bits per heavy atom. The first-order valence-corrected chi connectivity index (χ1v) is 7.43. The van der Waals surface area contributed by atoms with E-state index in [4.69, 9.17) is 9.78 Å². The average Bonchev–Trinajstić information content (AvgIpc) is 2.24. The van der Waals surface area contributed by atoms with Gasteiger partial charge in [0.25, 0.3) is 0 Å². The van der Waals surface area contributed by atoms with Gasteiger partial charge in [0.1, 0.15) is 17.0 Å². The fourth-order valence-electron chi connectivity index (χ4n) is 4.11. The van der Waals surface area contributed by atoms with Gasteiger partial charge in [-0.1, -0.05) is 13.8 Å². The van der Waals surface area contributed by atoms with Gasteiger partial charge in [-0.05, 0) is 64.2 Å². The molecule has 3 saturated carbocycles. The highest BCUT2D eigenvalue weighted by molar-refractivity contribution is 5.76. The Labute approximate surface area is 117 Å². The normalized spacial score (nSPS) is 36.7. The van der Waals surface area contributed by atoms with Gasteiger partial charge in [-0.2, -0.15) is 0 Å². The maximum absolute atomic E-state index is 11.2. The van der Waals surface area contributed by atoms with Crippen LogP contribution in [0.4, 0.5) is 0 Å². The number of ketones is 1. The van der Waals surface area contributed by atoms with Crippen molar-refractivity contribution in [2.24, 2.45) is 17.3 Å². The molecule has 0 N–H and O–H groups in total. The second kappa shape index (κ2) is 4.56. The Kier molecular flexibility index (Phi) is 3.60. The molecule has 0 aromatic rings. The van der Waals surface area contributed by atoms with Crippen LogP contribution in [-0.4, -0.2) is 17.0 Å². The van der Waals surface area contributed by atoms with Crippen molar-refractivity contribution in [3.05, 3.63) is 0 Å². The largest absolute Gasteiger partial charge is 0.300 e. The minimum atomic E-state index is -0.542. The lowest BCUT2D eigenvalue weighted by Gasteiger charge is -2.63. The highest BCUT2D eigenvalue weighted by atomic mass is 17.2. The van der Waals surface area contributed by atoms with E-state index < -0.39 is 5.60 Å². The van der Waals surface area contributed by atoms with Gasteiger partial charge in [0.2, 0.25) is 0 Å². The van der Waals surface area contributed by atoms with E-state index in [1.54, 1.807) is 6.92 Å². The lowest BCUT2D eigenvalue weighted by molar-refractivity contribution is -0.435. The Balaban J connectivity index is 1.97. The molecule has 3 aliphatic rings. The molecule has 0 radical (unpaired) electrons. The molecule has 0 aromatic carbocycles. The van der Waals surface area contributed by atoms with Crippen LogP contribution < -0.4 is 0 Å². The average molecular weight is 268 g/mol. The maximum Gasteiger partial charge on any atom is 0.132 e. The number of hydrogen-bond donors (Lipinski definition) is 0. The third kappa shape index (κ3) is 2.73. The summed E-state index contributed by atoms with van der Waals surface area (Å²) in [6.45, 7) is 12.3.